The van der Waals surface area contributed by atoms with Gasteiger partial charge < -0.3 is 19.4 Å². The molecule has 1 aliphatic rings. The van der Waals surface area contributed by atoms with Crippen LogP contribution in [0.25, 0.3) is 5.82 Å². The molecule has 0 aliphatic carbocycles. The van der Waals surface area contributed by atoms with Crippen LogP contribution in [0.2, 0.25) is 0 Å². The summed E-state index contributed by atoms with van der Waals surface area (Å²) in [5.41, 5.74) is 0.745. The van der Waals surface area contributed by atoms with Crippen LogP contribution in [0.5, 0.6) is 11.6 Å². The summed E-state index contributed by atoms with van der Waals surface area (Å²) in [5, 5.41) is 2.95. The average Bonchev–Trinajstić information content (AvgIpc) is 3.25. The standard InChI is InChI=1S/C20H20N4O3/c25-20(15-7-11-26-12-8-15)23-16-3-5-17(6-4-16)27-19-13-18(21-14-22-19)24-9-1-2-10-24/h1-6,9-10,13-15H,7-8,11-12H2,(H,23,25). The van der Waals surface area contributed by atoms with E-state index in [2.05, 4.69) is 15.3 Å². The van der Waals surface area contributed by atoms with Crippen LogP contribution >= 0.6 is 0 Å². The molecule has 0 atom stereocenters. The highest BCUT2D eigenvalue weighted by Crippen LogP contribution is 2.23. The van der Waals surface area contributed by atoms with Gasteiger partial charge in [-0.05, 0) is 49.2 Å². The van der Waals surface area contributed by atoms with Crippen LogP contribution in [-0.4, -0.2) is 33.7 Å². The number of benzene rings is 1. The van der Waals surface area contributed by atoms with Gasteiger partial charge in [0.1, 0.15) is 17.9 Å². The highest BCUT2D eigenvalue weighted by molar-refractivity contribution is 5.92. The van der Waals surface area contributed by atoms with Crippen LogP contribution < -0.4 is 10.1 Å². The number of nitrogens with zero attached hydrogens (tertiary/aromatic N) is 3. The molecule has 1 amide bonds. The molecule has 0 unspecified atom stereocenters. The number of rotatable bonds is 5. The normalized spacial score (nSPS) is 14.7. The van der Waals surface area contributed by atoms with E-state index < -0.39 is 0 Å². The van der Waals surface area contributed by atoms with Crippen LogP contribution in [-0.2, 0) is 9.53 Å². The Morgan fingerprint density at radius 1 is 1.11 bits per heavy atom. The molecule has 27 heavy (non-hydrogen) atoms. The quantitative estimate of drug-likeness (QED) is 0.750. The Bertz CT molecular complexity index is 888. The van der Waals surface area contributed by atoms with E-state index >= 15 is 0 Å². The van der Waals surface area contributed by atoms with E-state index in [4.69, 9.17) is 9.47 Å². The fourth-order valence-electron chi connectivity index (χ4n) is 2.95. The minimum atomic E-state index is 0.0165. The van der Waals surface area contributed by atoms with Gasteiger partial charge in [0.25, 0.3) is 0 Å². The third-order valence-electron chi connectivity index (χ3n) is 4.43. The largest absolute Gasteiger partial charge is 0.439 e. The Morgan fingerprint density at radius 2 is 1.85 bits per heavy atom. The second kappa shape index (κ2) is 8.01. The molecular weight excluding hydrogens is 344 g/mol. The zero-order chi connectivity index (χ0) is 18.5. The van der Waals surface area contributed by atoms with Gasteiger partial charge in [-0.25, -0.2) is 9.97 Å². The molecule has 3 aromatic rings. The van der Waals surface area contributed by atoms with Gasteiger partial charge in [-0.3, -0.25) is 4.79 Å². The second-order valence-electron chi connectivity index (χ2n) is 6.31. The summed E-state index contributed by atoms with van der Waals surface area (Å²) >= 11 is 0. The van der Waals surface area contributed by atoms with E-state index in [1.165, 1.54) is 6.33 Å². The summed E-state index contributed by atoms with van der Waals surface area (Å²) in [5.74, 6) is 1.87. The van der Waals surface area contributed by atoms with Crippen molar-refractivity contribution in [3.8, 4) is 17.4 Å². The molecule has 0 spiro atoms. The minimum Gasteiger partial charge on any atom is -0.439 e. The lowest BCUT2D eigenvalue weighted by Gasteiger charge is -2.21. The van der Waals surface area contributed by atoms with Crippen molar-refractivity contribution in [2.75, 3.05) is 18.5 Å². The monoisotopic (exact) mass is 364 g/mol. The second-order valence-corrected chi connectivity index (χ2v) is 6.31. The van der Waals surface area contributed by atoms with Crippen LogP contribution in [0, 0.1) is 5.92 Å². The van der Waals surface area contributed by atoms with Crippen molar-refractivity contribution in [2.24, 2.45) is 5.92 Å². The van der Waals surface area contributed by atoms with Crippen molar-refractivity contribution in [3.63, 3.8) is 0 Å². The van der Waals surface area contributed by atoms with Crippen molar-refractivity contribution in [2.45, 2.75) is 12.8 Å². The fourth-order valence-corrected chi connectivity index (χ4v) is 2.95. The van der Waals surface area contributed by atoms with Gasteiger partial charge in [0.05, 0.1) is 0 Å². The number of anilines is 1. The highest BCUT2D eigenvalue weighted by Gasteiger charge is 2.21. The minimum absolute atomic E-state index is 0.0165. The van der Waals surface area contributed by atoms with Crippen LogP contribution in [0.1, 0.15) is 12.8 Å². The van der Waals surface area contributed by atoms with Gasteiger partial charge in [-0.1, -0.05) is 0 Å². The first kappa shape index (κ1) is 17.2. The van der Waals surface area contributed by atoms with Gasteiger partial charge >= 0.3 is 0 Å². The van der Waals surface area contributed by atoms with Gasteiger partial charge in [-0.2, -0.15) is 0 Å². The zero-order valence-electron chi connectivity index (χ0n) is 14.7. The summed E-state index contributed by atoms with van der Waals surface area (Å²) < 4.78 is 13.0. The molecular formula is C20H20N4O3. The lowest BCUT2D eigenvalue weighted by molar-refractivity contribution is -0.122. The number of nitrogens with one attached hydrogen (secondary N) is 1. The van der Waals surface area contributed by atoms with Crippen LogP contribution in [0.4, 0.5) is 5.69 Å². The number of carbonyl (C=O) groups is 1. The first-order chi connectivity index (χ1) is 13.3. The molecule has 4 rings (SSSR count). The molecule has 1 aromatic carbocycles. The third kappa shape index (κ3) is 4.32. The number of aromatic nitrogens is 3. The molecule has 7 heteroatoms. The van der Waals surface area contributed by atoms with Gasteiger partial charge in [0.15, 0.2) is 0 Å². The molecule has 1 saturated heterocycles. The average molecular weight is 364 g/mol. The fraction of sp³-hybridized carbons (Fsp3) is 0.250. The van der Waals surface area contributed by atoms with E-state index in [0.717, 1.165) is 24.3 Å². The highest BCUT2D eigenvalue weighted by atomic mass is 16.5. The number of carbonyl (C=O) groups excluding carboxylic acids is 1. The predicted molar refractivity (Wildman–Crippen MR) is 100 cm³/mol. The summed E-state index contributed by atoms with van der Waals surface area (Å²) in [7, 11) is 0. The summed E-state index contributed by atoms with van der Waals surface area (Å²) in [6, 6.07) is 12.9. The smallest absolute Gasteiger partial charge is 0.227 e. The number of hydrogen-bond acceptors (Lipinski definition) is 5. The number of amides is 1. The Balaban J connectivity index is 1.39. The summed E-state index contributed by atoms with van der Waals surface area (Å²) in [6.07, 6.45) is 6.81. The SMILES string of the molecule is O=C(Nc1ccc(Oc2cc(-n3cccc3)ncn2)cc1)C1CCOCC1. The third-order valence-corrected chi connectivity index (χ3v) is 4.43. The molecule has 138 valence electrons. The predicted octanol–water partition coefficient (Wildman–Crippen LogP) is 3.42. The zero-order valence-corrected chi connectivity index (χ0v) is 14.7. The van der Waals surface area contributed by atoms with Crippen molar-refractivity contribution in [3.05, 3.63) is 61.2 Å². The van der Waals surface area contributed by atoms with Crippen molar-refractivity contribution < 1.29 is 14.3 Å². The topological polar surface area (TPSA) is 78.3 Å². The first-order valence-electron chi connectivity index (χ1n) is 8.90. The molecule has 0 bridgehead atoms. The van der Waals surface area contributed by atoms with Crippen LogP contribution in [0.3, 0.4) is 0 Å². The molecule has 1 fully saturated rings. The molecule has 2 aromatic heterocycles. The van der Waals surface area contributed by atoms with Crippen molar-refractivity contribution >= 4 is 11.6 Å². The summed E-state index contributed by atoms with van der Waals surface area (Å²) in [6.45, 7) is 1.30. The molecule has 0 saturated carbocycles. The lowest BCUT2D eigenvalue weighted by atomic mass is 9.99. The van der Waals surface area contributed by atoms with Crippen molar-refractivity contribution in [1.82, 2.24) is 14.5 Å². The van der Waals surface area contributed by atoms with E-state index in [0.29, 0.717) is 24.8 Å². The van der Waals surface area contributed by atoms with E-state index in [9.17, 15) is 4.79 Å². The molecule has 7 nitrogen and oxygen atoms in total. The maximum atomic E-state index is 12.3. The maximum absolute atomic E-state index is 12.3. The number of hydrogen-bond donors (Lipinski definition) is 1. The van der Waals surface area contributed by atoms with Gasteiger partial charge in [0, 0.05) is 43.3 Å². The van der Waals surface area contributed by atoms with E-state index in [1.807, 2.05) is 41.2 Å². The first-order valence-corrected chi connectivity index (χ1v) is 8.90. The lowest BCUT2D eigenvalue weighted by Crippen LogP contribution is -2.28. The van der Waals surface area contributed by atoms with Crippen LogP contribution in [0.15, 0.2) is 61.2 Å². The molecule has 0 radical (unpaired) electrons. The molecule has 1 aliphatic heterocycles. The Kier molecular flexibility index (Phi) is 5.11. The van der Waals surface area contributed by atoms with Gasteiger partial charge in [-0.15, -0.1) is 0 Å². The summed E-state index contributed by atoms with van der Waals surface area (Å²) in [4.78, 5) is 20.7. The molecule has 1 N–H and O–H groups in total. The number of ether oxygens (including phenoxy) is 2. The Hall–Kier alpha value is -3.19. The molecule has 3 heterocycles. The Labute approximate surface area is 157 Å². The van der Waals surface area contributed by atoms with Crippen molar-refractivity contribution in [1.29, 1.82) is 0 Å². The van der Waals surface area contributed by atoms with Gasteiger partial charge in [0.2, 0.25) is 11.8 Å². The maximum Gasteiger partial charge on any atom is 0.227 e. The van der Waals surface area contributed by atoms with E-state index in [1.54, 1.807) is 18.2 Å². The Morgan fingerprint density at radius 3 is 2.59 bits per heavy atom. The van der Waals surface area contributed by atoms with E-state index in [-0.39, 0.29) is 11.8 Å².